The Bertz CT molecular complexity index is 512. The highest BCUT2D eigenvalue weighted by Gasteiger charge is 2.21. The molecule has 0 aliphatic carbocycles. The summed E-state index contributed by atoms with van der Waals surface area (Å²) in [7, 11) is -3.36. The van der Waals surface area contributed by atoms with Crippen LogP contribution in [0.25, 0.3) is 0 Å². The van der Waals surface area contributed by atoms with Gasteiger partial charge in [0.25, 0.3) is 0 Å². The van der Waals surface area contributed by atoms with Gasteiger partial charge >= 0.3 is 0 Å². The summed E-state index contributed by atoms with van der Waals surface area (Å²) in [5.74, 6) is 0. The van der Waals surface area contributed by atoms with Gasteiger partial charge in [-0.05, 0) is 25.0 Å². The van der Waals surface area contributed by atoms with Gasteiger partial charge in [-0.3, -0.25) is 4.72 Å². The van der Waals surface area contributed by atoms with Crippen molar-refractivity contribution in [1.29, 1.82) is 0 Å². The molecule has 0 saturated carbocycles. The Morgan fingerprint density at radius 2 is 1.80 bits per heavy atom. The number of anilines is 1. The van der Waals surface area contributed by atoms with Crippen molar-refractivity contribution in [3.63, 3.8) is 0 Å². The SMILES string of the molecule is CCCc1ccccc1NS(=O)(=O)C(C)CNC(C)C. The second-order valence-electron chi connectivity index (χ2n) is 5.43. The zero-order valence-corrected chi connectivity index (χ0v) is 13.6. The molecule has 0 bridgehead atoms. The lowest BCUT2D eigenvalue weighted by Gasteiger charge is -2.18. The molecule has 2 N–H and O–H groups in total. The molecule has 0 aliphatic rings. The summed E-state index contributed by atoms with van der Waals surface area (Å²) in [6.07, 6.45) is 1.86. The molecule has 114 valence electrons. The third kappa shape index (κ3) is 5.13. The summed E-state index contributed by atoms with van der Waals surface area (Å²) in [5.41, 5.74) is 1.74. The van der Waals surface area contributed by atoms with Gasteiger partial charge in [0.2, 0.25) is 10.0 Å². The van der Waals surface area contributed by atoms with Gasteiger partial charge in [0, 0.05) is 12.6 Å². The number of hydrogen-bond acceptors (Lipinski definition) is 3. The first-order valence-corrected chi connectivity index (χ1v) is 8.74. The molecule has 1 aromatic carbocycles. The fourth-order valence-electron chi connectivity index (χ4n) is 1.87. The van der Waals surface area contributed by atoms with Gasteiger partial charge < -0.3 is 5.32 Å². The van der Waals surface area contributed by atoms with Gasteiger partial charge in [-0.25, -0.2) is 8.42 Å². The van der Waals surface area contributed by atoms with Crippen LogP contribution in [0.5, 0.6) is 0 Å². The van der Waals surface area contributed by atoms with Crippen molar-refractivity contribution in [2.75, 3.05) is 11.3 Å². The summed E-state index contributed by atoms with van der Waals surface area (Å²) in [6.45, 7) is 8.26. The highest BCUT2D eigenvalue weighted by molar-refractivity contribution is 7.93. The van der Waals surface area contributed by atoms with E-state index < -0.39 is 15.3 Å². The molecule has 1 aromatic rings. The first kappa shape index (κ1) is 17.0. The fraction of sp³-hybridized carbons (Fsp3) is 0.600. The van der Waals surface area contributed by atoms with E-state index in [1.807, 2.05) is 38.1 Å². The van der Waals surface area contributed by atoms with Crippen LogP contribution in [0.4, 0.5) is 5.69 Å². The molecule has 0 saturated heterocycles. The molecule has 1 rings (SSSR count). The standard InChI is InChI=1S/C15H26N2O2S/c1-5-8-14-9-6-7-10-15(14)17-20(18,19)13(4)11-16-12(2)3/h6-7,9-10,12-13,16-17H,5,8,11H2,1-4H3. The summed E-state index contributed by atoms with van der Waals surface area (Å²) in [4.78, 5) is 0. The van der Waals surface area contributed by atoms with E-state index in [1.54, 1.807) is 6.92 Å². The van der Waals surface area contributed by atoms with Crippen molar-refractivity contribution in [3.8, 4) is 0 Å². The molecule has 1 atom stereocenters. The van der Waals surface area contributed by atoms with E-state index in [4.69, 9.17) is 0 Å². The minimum atomic E-state index is -3.36. The smallest absolute Gasteiger partial charge is 0.236 e. The third-order valence-electron chi connectivity index (χ3n) is 3.13. The molecule has 0 aliphatic heterocycles. The quantitative estimate of drug-likeness (QED) is 0.776. The summed E-state index contributed by atoms with van der Waals surface area (Å²) < 4.78 is 27.4. The number of para-hydroxylation sites is 1. The van der Waals surface area contributed by atoms with Crippen LogP contribution < -0.4 is 10.0 Å². The van der Waals surface area contributed by atoms with E-state index in [0.29, 0.717) is 12.2 Å². The Balaban J connectivity index is 2.80. The average Bonchev–Trinajstić information content (AvgIpc) is 2.38. The van der Waals surface area contributed by atoms with Crippen LogP contribution >= 0.6 is 0 Å². The van der Waals surface area contributed by atoms with Gasteiger partial charge in [0.15, 0.2) is 0 Å². The fourth-order valence-corrected chi connectivity index (χ4v) is 2.89. The van der Waals surface area contributed by atoms with Crippen LogP contribution in [0.15, 0.2) is 24.3 Å². The van der Waals surface area contributed by atoms with Crippen LogP contribution in [-0.2, 0) is 16.4 Å². The van der Waals surface area contributed by atoms with Gasteiger partial charge in [0.1, 0.15) is 0 Å². The highest BCUT2D eigenvalue weighted by Crippen LogP contribution is 2.19. The van der Waals surface area contributed by atoms with Crippen molar-refractivity contribution in [2.24, 2.45) is 0 Å². The molecule has 20 heavy (non-hydrogen) atoms. The van der Waals surface area contributed by atoms with E-state index in [9.17, 15) is 8.42 Å². The number of nitrogens with one attached hydrogen (secondary N) is 2. The Morgan fingerprint density at radius 3 is 2.40 bits per heavy atom. The van der Waals surface area contributed by atoms with Gasteiger partial charge in [-0.2, -0.15) is 0 Å². The highest BCUT2D eigenvalue weighted by atomic mass is 32.2. The van der Waals surface area contributed by atoms with Crippen LogP contribution in [0.2, 0.25) is 0 Å². The molecule has 0 heterocycles. The average molecular weight is 298 g/mol. The second kappa shape index (κ2) is 7.64. The maximum atomic E-state index is 12.3. The molecule has 5 heteroatoms. The number of sulfonamides is 1. The molecule has 0 amide bonds. The van der Waals surface area contributed by atoms with Gasteiger partial charge in [0.05, 0.1) is 10.9 Å². The van der Waals surface area contributed by atoms with E-state index in [1.165, 1.54) is 0 Å². The van der Waals surface area contributed by atoms with E-state index in [0.717, 1.165) is 18.4 Å². The number of benzene rings is 1. The Kier molecular flexibility index (Phi) is 6.49. The molecule has 0 aromatic heterocycles. The summed E-state index contributed by atoms with van der Waals surface area (Å²) in [5, 5.41) is 2.69. The van der Waals surface area contributed by atoms with Gasteiger partial charge in [-0.15, -0.1) is 0 Å². The van der Waals surface area contributed by atoms with Gasteiger partial charge in [-0.1, -0.05) is 45.4 Å². The van der Waals surface area contributed by atoms with Crippen LogP contribution in [0.3, 0.4) is 0 Å². The predicted octanol–water partition coefficient (Wildman–Crippen LogP) is 2.77. The van der Waals surface area contributed by atoms with Crippen molar-refractivity contribution < 1.29 is 8.42 Å². The zero-order chi connectivity index (χ0) is 15.2. The second-order valence-corrected chi connectivity index (χ2v) is 7.53. The van der Waals surface area contributed by atoms with Crippen molar-refractivity contribution in [1.82, 2.24) is 5.32 Å². The van der Waals surface area contributed by atoms with Crippen molar-refractivity contribution >= 4 is 15.7 Å². The Labute approximate surface area is 123 Å². The topological polar surface area (TPSA) is 58.2 Å². The molecular formula is C15H26N2O2S. The maximum Gasteiger partial charge on any atom is 0.236 e. The first-order chi connectivity index (χ1) is 9.36. The minimum absolute atomic E-state index is 0.278. The number of hydrogen-bond donors (Lipinski definition) is 2. The van der Waals surface area contributed by atoms with Crippen LogP contribution in [0, 0.1) is 0 Å². The molecular weight excluding hydrogens is 272 g/mol. The molecule has 1 unspecified atom stereocenters. The van der Waals surface area contributed by atoms with Crippen LogP contribution in [-0.4, -0.2) is 26.3 Å². The van der Waals surface area contributed by atoms with E-state index in [2.05, 4.69) is 17.0 Å². The lowest BCUT2D eigenvalue weighted by atomic mass is 10.1. The lowest BCUT2D eigenvalue weighted by molar-refractivity contribution is 0.553. The number of rotatable bonds is 8. The molecule has 4 nitrogen and oxygen atoms in total. The maximum absolute atomic E-state index is 12.3. The first-order valence-electron chi connectivity index (χ1n) is 7.19. The Morgan fingerprint density at radius 1 is 1.15 bits per heavy atom. The van der Waals surface area contributed by atoms with Crippen LogP contribution in [0.1, 0.15) is 39.7 Å². The van der Waals surface area contributed by atoms with E-state index in [-0.39, 0.29) is 6.04 Å². The summed E-state index contributed by atoms with van der Waals surface area (Å²) in [6, 6.07) is 7.87. The lowest BCUT2D eigenvalue weighted by Crippen LogP contribution is -2.37. The van der Waals surface area contributed by atoms with E-state index >= 15 is 0 Å². The normalized spacial score (nSPS) is 13.4. The summed E-state index contributed by atoms with van der Waals surface area (Å²) >= 11 is 0. The monoisotopic (exact) mass is 298 g/mol. The molecule has 0 radical (unpaired) electrons. The van der Waals surface area contributed by atoms with Crippen molar-refractivity contribution in [3.05, 3.63) is 29.8 Å². The zero-order valence-electron chi connectivity index (χ0n) is 12.8. The Hall–Kier alpha value is -1.07. The predicted molar refractivity (Wildman–Crippen MR) is 85.6 cm³/mol. The molecule has 0 fully saturated rings. The largest absolute Gasteiger partial charge is 0.313 e. The van der Waals surface area contributed by atoms with Crippen molar-refractivity contribution in [2.45, 2.75) is 51.8 Å². The minimum Gasteiger partial charge on any atom is -0.313 e. The number of aryl methyl sites for hydroxylation is 1. The third-order valence-corrected chi connectivity index (χ3v) is 4.86. The molecule has 0 spiro atoms.